The number of methoxy groups -OCH3 is 1. The van der Waals surface area contributed by atoms with Crippen LogP contribution in [0.3, 0.4) is 0 Å². The van der Waals surface area contributed by atoms with Crippen LogP contribution in [0.5, 0.6) is 5.75 Å². The quantitative estimate of drug-likeness (QED) is 0.519. The molecule has 3 heterocycles. The molecule has 2 aromatic carbocycles. The van der Waals surface area contributed by atoms with Gasteiger partial charge in [-0.3, -0.25) is 0 Å². The number of ether oxygens (including phenoxy) is 1. The molecule has 0 atom stereocenters. The van der Waals surface area contributed by atoms with Gasteiger partial charge in [-0.05, 0) is 24.6 Å². The average molecular weight is 371 g/mol. The van der Waals surface area contributed by atoms with Crippen LogP contribution in [0.2, 0.25) is 0 Å². The minimum atomic E-state index is 0.732. The van der Waals surface area contributed by atoms with Crippen LogP contribution < -0.4 is 9.64 Å². The minimum absolute atomic E-state index is 0.732. The van der Waals surface area contributed by atoms with Gasteiger partial charge in [0.25, 0.3) is 0 Å². The Bertz CT molecular complexity index is 1150. The first kappa shape index (κ1) is 16.8. The number of benzene rings is 2. The maximum absolute atomic E-state index is 5.64. The number of aromatic nitrogens is 2. The van der Waals surface area contributed by atoms with Gasteiger partial charge in [-0.2, -0.15) is 0 Å². The van der Waals surface area contributed by atoms with Crippen molar-refractivity contribution in [2.45, 2.75) is 19.9 Å². The lowest BCUT2D eigenvalue weighted by atomic mass is 10.0. The molecule has 0 amide bonds. The van der Waals surface area contributed by atoms with Crippen LogP contribution in [0.15, 0.2) is 59.1 Å². The van der Waals surface area contributed by atoms with Gasteiger partial charge in [0.15, 0.2) is 0 Å². The second-order valence-corrected chi connectivity index (χ2v) is 7.12. The number of hydrogen-bond donors (Lipinski definition) is 0. The van der Waals surface area contributed by atoms with Crippen LogP contribution in [0.25, 0.3) is 22.2 Å². The fourth-order valence-corrected chi connectivity index (χ4v) is 3.93. The highest BCUT2D eigenvalue weighted by Crippen LogP contribution is 2.34. The number of nitrogens with zero attached hydrogens (tertiary/aromatic N) is 3. The lowest BCUT2D eigenvalue weighted by molar-refractivity contribution is 0.379. The van der Waals surface area contributed by atoms with Crippen molar-refractivity contribution in [3.05, 3.63) is 71.5 Å². The van der Waals surface area contributed by atoms with E-state index < -0.39 is 0 Å². The largest absolute Gasteiger partial charge is 0.494 e. The predicted octanol–water partition coefficient (Wildman–Crippen LogP) is 4.77. The third kappa shape index (κ3) is 2.71. The van der Waals surface area contributed by atoms with Crippen LogP contribution in [-0.4, -0.2) is 23.8 Å². The van der Waals surface area contributed by atoms with Crippen molar-refractivity contribution in [3.63, 3.8) is 0 Å². The maximum atomic E-state index is 5.64. The molecule has 0 unspecified atom stereocenters. The second-order valence-electron chi connectivity index (χ2n) is 7.12. The number of fused-ring (bicyclic) bond motifs is 2. The van der Waals surface area contributed by atoms with Gasteiger partial charge in [-0.1, -0.05) is 47.6 Å². The summed E-state index contributed by atoms with van der Waals surface area (Å²) >= 11 is 0. The van der Waals surface area contributed by atoms with Crippen molar-refractivity contribution >= 4 is 16.7 Å². The second kappa shape index (κ2) is 6.68. The first-order chi connectivity index (χ1) is 13.7. The van der Waals surface area contributed by atoms with Gasteiger partial charge in [-0.25, -0.2) is 4.98 Å². The molecule has 5 rings (SSSR count). The van der Waals surface area contributed by atoms with E-state index in [0.29, 0.717) is 0 Å². The molecule has 1 aliphatic rings. The highest BCUT2D eigenvalue weighted by atomic mass is 16.5. The fraction of sp³-hybridized carbons (Fsp3) is 0.217. The summed E-state index contributed by atoms with van der Waals surface area (Å²) in [6.07, 6.45) is 0.819. The summed E-state index contributed by atoms with van der Waals surface area (Å²) in [7, 11) is 1.69. The van der Waals surface area contributed by atoms with Gasteiger partial charge in [0.1, 0.15) is 28.5 Å². The van der Waals surface area contributed by atoms with Crippen LogP contribution >= 0.6 is 0 Å². The zero-order valence-electron chi connectivity index (χ0n) is 16.0. The number of anilines is 1. The molecule has 0 bridgehead atoms. The van der Waals surface area contributed by atoms with E-state index in [1.807, 2.05) is 30.3 Å². The van der Waals surface area contributed by atoms with Gasteiger partial charge in [0, 0.05) is 29.5 Å². The Labute approximate surface area is 163 Å². The Hall–Kier alpha value is -3.34. The normalized spacial score (nSPS) is 13.6. The van der Waals surface area contributed by atoms with Gasteiger partial charge in [0.2, 0.25) is 0 Å². The molecule has 5 heteroatoms. The summed E-state index contributed by atoms with van der Waals surface area (Å²) in [5.41, 5.74) is 5.25. The minimum Gasteiger partial charge on any atom is -0.494 e. The summed E-state index contributed by atoms with van der Waals surface area (Å²) in [5.74, 6) is 2.74. The molecule has 140 valence electrons. The summed E-state index contributed by atoms with van der Waals surface area (Å²) < 4.78 is 11.2. The molecule has 0 fully saturated rings. The monoisotopic (exact) mass is 371 g/mol. The number of hydrogen-bond acceptors (Lipinski definition) is 5. The summed E-state index contributed by atoms with van der Waals surface area (Å²) in [6, 6.07) is 18.4. The molecular formula is C23H21N3O2. The lowest BCUT2D eigenvalue weighted by Gasteiger charge is -2.28. The van der Waals surface area contributed by atoms with Gasteiger partial charge in [-0.15, -0.1) is 0 Å². The average Bonchev–Trinajstić information content (AvgIpc) is 3.17. The number of aryl methyl sites for hydroxylation is 1. The van der Waals surface area contributed by atoms with Gasteiger partial charge in [0.05, 0.1) is 13.7 Å². The maximum Gasteiger partial charge on any atom is 0.145 e. The van der Waals surface area contributed by atoms with Crippen LogP contribution in [-0.2, 0) is 13.0 Å². The van der Waals surface area contributed by atoms with Crippen molar-refractivity contribution in [2.75, 3.05) is 18.6 Å². The number of rotatable bonds is 3. The van der Waals surface area contributed by atoms with Crippen molar-refractivity contribution in [3.8, 4) is 17.0 Å². The topological polar surface area (TPSA) is 51.4 Å². The smallest absolute Gasteiger partial charge is 0.145 e. The molecule has 0 spiro atoms. The summed E-state index contributed by atoms with van der Waals surface area (Å²) in [4.78, 5) is 7.24. The molecule has 4 aromatic rings. The van der Waals surface area contributed by atoms with Crippen molar-refractivity contribution in [1.82, 2.24) is 10.1 Å². The number of para-hydroxylation sites is 1. The van der Waals surface area contributed by atoms with E-state index in [9.17, 15) is 0 Å². The molecule has 0 N–H and O–H groups in total. The van der Waals surface area contributed by atoms with E-state index in [0.717, 1.165) is 64.6 Å². The molecule has 1 aliphatic heterocycles. The van der Waals surface area contributed by atoms with Gasteiger partial charge >= 0.3 is 0 Å². The van der Waals surface area contributed by atoms with Crippen molar-refractivity contribution in [1.29, 1.82) is 0 Å². The molecule has 28 heavy (non-hydrogen) atoms. The molecule has 0 aliphatic carbocycles. The SMILES string of the molecule is COc1cccc2c(C)cc(N3CCc4onc(-c5ccccc5)c4C3)nc12. The highest BCUT2D eigenvalue weighted by molar-refractivity contribution is 5.89. The first-order valence-corrected chi connectivity index (χ1v) is 9.47. The van der Waals surface area contributed by atoms with E-state index in [1.54, 1.807) is 7.11 Å². The van der Waals surface area contributed by atoms with Crippen LogP contribution in [0, 0.1) is 6.92 Å². The fourth-order valence-electron chi connectivity index (χ4n) is 3.93. The van der Waals surface area contributed by atoms with Crippen molar-refractivity contribution < 1.29 is 9.26 Å². The third-order valence-electron chi connectivity index (χ3n) is 5.41. The Morgan fingerprint density at radius 2 is 1.93 bits per heavy atom. The molecule has 5 nitrogen and oxygen atoms in total. The van der Waals surface area contributed by atoms with Gasteiger partial charge < -0.3 is 14.2 Å². The van der Waals surface area contributed by atoms with Crippen LogP contribution in [0.4, 0.5) is 5.82 Å². The summed E-state index contributed by atoms with van der Waals surface area (Å²) in [6.45, 7) is 3.71. The molecule has 0 saturated heterocycles. The highest BCUT2D eigenvalue weighted by Gasteiger charge is 2.26. The van der Waals surface area contributed by atoms with E-state index in [2.05, 4.69) is 41.2 Å². The zero-order valence-corrected chi connectivity index (χ0v) is 16.0. The Morgan fingerprint density at radius 1 is 1.07 bits per heavy atom. The molecule has 2 aromatic heterocycles. The zero-order chi connectivity index (χ0) is 19.1. The molecule has 0 radical (unpaired) electrons. The lowest BCUT2D eigenvalue weighted by Crippen LogP contribution is -2.30. The first-order valence-electron chi connectivity index (χ1n) is 9.47. The van der Waals surface area contributed by atoms with E-state index in [4.69, 9.17) is 14.2 Å². The molecule has 0 saturated carbocycles. The van der Waals surface area contributed by atoms with E-state index >= 15 is 0 Å². The summed E-state index contributed by atoms with van der Waals surface area (Å²) in [5, 5.41) is 5.47. The number of pyridine rings is 1. The van der Waals surface area contributed by atoms with Crippen LogP contribution in [0.1, 0.15) is 16.9 Å². The van der Waals surface area contributed by atoms with Crippen molar-refractivity contribution in [2.24, 2.45) is 0 Å². The third-order valence-corrected chi connectivity index (χ3v) is 5.41. The Kier molecular flexibility index (Phi) is 4.01. The van der Waals surface area contributed by atoms with E-state index in [-0.39, 0.29) is 0 Å². The predicted molar refractivity (Wildman–Crippen MR) is 110 cm³/mol. The van der Waals surface area contributed by atoms with E-state index in [1.165, 1.54) is 5.56 Å². The standard InChI is InChI=1S/C23H21N3O2/c1-15-13-21(24-23-17(15)9-6-10-20(23)27-2)26-12-11-19-18(14-26)22(25-28-19)16-7-4-3-5-8-16/h3-10,13H,11-12,14H2,1-2H3. The molecular weight excluding hydrogens is 350 g/mol. The Balaban J connectivity index is 1.56. The Morgan fingerprint density at radius 3 is 2.75 bits per heavy atom.